The van der Waals surface area contributed by atoms with Gasteiger partial charge in [-0.15, -0.1) is 0 Å². The van der Waals surface area contributed by atoms with Crippen molar-refractivity contribution in [2.75, 3.05) is 23.3 Å². The molecule has 2 aromatic rings. The highest BCUT2D eigenvalue weighted by atomic mass is 32.1. The topological polar surface area (TPSA) is 57.0 Å². The van der Waals surface area contributed by atoms with Crippen LogP contribution in [0.2, 0.25) is 0 Å². The van der Waals surface area contributed by atoms with Crippen LogP contribution in [0.4, 0.5) is 21.5 Å². The van der Waals surface area contributed by atoms with Gasteiger partial charge >= 0.3 is 6.15 Å². The number of nitrogens with zero attached hydrogens (tertiary/aromatic N) is 3. The molecule has 8 heteroatoms. The fraction of sp³-hybridized carbons (Fsp3) is 0.375. The molecule has 0 aromatic heterocycles. The maximum atomic E-state index is 14.8. The van der Waals surface area contributed by atoms with E-state index in [9.17, 15) is 4.39 Å². The van der Waals surface area contributed by atoms with Gasteiger partial charge in [0.1, 0.15) is 5.82 Å². The lowest BCUT2D eigenvalue weighted by molar-refractivity contribution is -0.191. The molecule has 2 rings (SSSR count). The summed E-state index contributed by atoms with van der Waals surface area (Å²) in [6.45, 7) is 19.6. The first-order valence-corrected chi connectivity index (χ1v) is 10.7. The van der Waals surface area contributed by atoms with Gasteiger partial charge < -0.3 is 10.2 Å². The van der Waals surface area contributed by atoms with E-state index in [1.165, 1.54) is 0 Å². The number of carbonyl (C=O) groups excluding carboxylic acids is 2. The van der Waals surface area contributed by atoms with Gasteiger partial charge in [0.2, 0.25) is 0 Å². The van der Waals surface area contributed by atoms with E-state index in [1.54, 1.807) is 12.1 Å². The zero-order valence-corrected chi connectivity index (χ0v) is 19.9. The summed E-state index contributed by atoms with van der Waals surface area (Å²) in [5.41, 5.74) is 3.71. The van der Waals surface area contributed by atoms with E-state index in [4.69, 9.17) is 28.4 Å². The molecule has 0 heterocycles. The molecule has 0 unspecified atom stereocenters. The Kier molecular flexibility index (Phi) is 11.2. The summed E-state index contributed by atoms with van der Waals surface area (Å²) in [6, 6.07) is 10.9. The Morgan fingerprint density at radius 2 is 1.81 bits per heavy atom. The number of thiocarbonyl (C=S) groups is 1. The predicted molar refractivity (Wildman–Crippen MR) is 129 cm³/mol. The van der Waals surface area contributed by atoms with Crippen molar-refractivity contribution in [3.05, 3.63) is 64.8 Å². The van der Waals surface area contributed by atoms with E-state index in [0.29, 0.717) is 28.6 Å². The van der Waals surface area contributed by atoms with Crippen molar-refractivity contribution in [1.29, 1.82) is 0 Å². The molecule has 0 bridgehead atoms. The molecular formula is C24H29FN4O2S. The van der Waals surface area contributed by atoms with Crippen molar-refractivity contribution in [3.8, 4) is 0 Å². The second-order valence-corrected chi connectivity index (χ2v) is 7.71. The zero-order valence-electron chi connectivity index (χ0n) is 19.1. The molecule has 0 amide bonds. The number of hydrogen-bond acceptors (Lipinski definition) is 4. The third kappa shape index (κ3) is 7.54. The Bertz CT molecular complexity index is 994. The molecule has 0 aliphatic heterocycles. The molecule has 0 saturated heterocycles. The van der Waals surface area contributed by atoms with E-state index in [1.807, 2.05) is 49.9 Å². The van der Waals surface area contributed by atoms with Crippen molar-refractivity contribution in [2.24, 2.45) is 0 Å². The number of halogens is 1. The van der Waals surface area contributed by atoms with Crippen LogP contribution in [0.5, 0.6) is 0 Å². The molecule has 0 atom stereocenters. The third-order valence-corrected chi connectivity index (χ3v) is 5.21. The lowest BCUT2D eigenvalue weighted by Crippen LogP contribution is -2.40. The van der Waals surface area contributed by atoms with Crippen molar-refractivity contribution in [3.63, 3.8) is 0 Å². The molecular weight excluding hydrogens is 427 g/mol. The van der Waals surface area contributed by atoms with Crippen LogP contribution >= 0.6 is 12.2 Å². The van der Waals surface area contributed by atoms with Gasteiger partial charge in [-0.25, -0.2) is 9.24 Å². The second-order valence-electron chi connectivity index (χ2n) is 7.33. The monoisotopic (exact) mass is 456 g/mol. The number of rotatable bonds is 7. The summed E-state index contributed by atoms with van der Waals surface area (Å²) in [7, 11) is 0. The van der Waals surface area contributed by atoms with E-state index in [0.717, 1.165) is 24.3 Å². The number of aryl methyl sites for hydroxylation is 1. The fourth-order valence-electron chi connectivity index (χ4n) is 3.19. The Hall–Kier alpha value is -3.11. The van der Waals surface area contributed by atoms with Crippen molar-refractivity contribution in [1.82, 2.24) is 4.90 Å². The first-order valence-electron chi connectivity index (χ1n) is 10.3. The molecule has 1 N–H and O–H groups in total. The average Bonchev–Trinajstić information content (AvgIpc) is 2.74. The summed E-state index contributed by atoms with van der Waals surface area (Å²) in [4.78, 5) is 23.8. The van der Waals surface area contributed by atoms with Gasteiger partial charge in [0, 0.05) is 29.5 Å². The minimum atomic E-state index is -0.222. The summed E-state index contributed by atoms with van der Waals surface area (Å²) in [5, 5.41) is 3.71. The van der Waals surface area contributed by atoms with Crippen molar-refractivity contribution in [2.45, 2.75) is 47.2 Å². The van der Waals surface area contributed by atoms with Crippen LogP contribution in [0.3, 0.4) is 0 Å². The lowest BCUT2D eigenvalue weighted by Gasteiger charge is -2.30. The molecule has 32 heavy (non-hydrogen) atoms. The molecule has 170 valence electrons. The normalized spacial score (nSPS) is 10.1. The molecule has 0 radical (unpaired) electrons. The second kappa shape index (κ2) is 13.3. The molecule has 0 aliphatic carbocycles. The number of nitrogens with one attached hydrogen (secondary N) is 1. The van der Waals surface area contributed by atoms with Crippen LogP contribution in [0.15, 0.2) is 36.4 Å². The van der Waals surface area contributed by atoms with Gasteiger partial charge in [0.05, 0.1) is 6.57 Å². The number of hydrogen-bond donors (Lipinski definition) is 1. The standard InChI is InChI=1S/C23H29FN4S.CO2/c1-7-27(8-2)15-18-9-11-20(14-21(18)24)28(16(3)4)23(29)26-19-10-12-22(25-6)17(5)13-19;2-1-3/h9-14,16H,7-8,15H2,1-5H3,(H,26,29);. The van der Waals surface area contributed by atoms with Crippen LogP contribution in [-0.2, 0) is 16.1 Å². The Labute approximate surface area is 194 Å². The van der Waals surface area contributed by atoms with Crippen LogP contribution in [0, 0.1) is 19.3 Å². The SMILES string of the molecule is O=C=O.[C-]#[N+]c1ccc(NC(=S)N(c2ccc(CN(CC)CC)c(F)c2)C(C)C)cc1C. The first-order chi connectivity index (χ1) is 15.2. The maximum Gasteiger partial charge on any atom is 0.373 e. The average molecular weight is 457 g/mol. The Morgan fingerprint density at radius 1 is 1.19 bits per heavy atom. The van der Waals surface area contributed by atoms with E-state index >= 15 is 0 Å². The highest BCUT2D eigenvalue weighted by Gasteiger charge is 2.18. The smallest absolute Gasteiger partial charge is 0.332 e. The van der Waals surface area contributed by atoms with Crippen molar-refractivity contribution >= 4 is 40.5 Å². The highest BCUT2D eigenvalue weighted by molar-refractivity contribution is 7.80. The third-order valence-electron chi connectivity index (χ3n) is 4.91. The molecule has 0 saturated carbocycles. The molecule has 0 aliphatic rings. The fourth-order valence-corrected chi connectivity index (χ4v) is 3.63. The quantitative estimate of drug-likeness (QED) is 0.435. The molecule has 6 nitrogen and oxygen atoms in total. The number of anilines is 2. The summed E-state index contributed by atoms with van der Waals surface area (Å²) < 4.78 is 14.8. The van der Waals surface area contributed by atoms with Crippen LogP contribution in [0.25, 0.3) is 4.85 Å². The van der Waals surface area contributed by atoms with Crippen LogP contribution in [-0.4, -0.2) is 35.3 Å². The molecule has 0 fully saturated rings. The van der Waals surface area contributed by atoms with Crippen LogP contribution in [0.1, 0.15) is 38.8 Å². The highest BCUT2D eigenvalue weighted by Crippen LogP contribution is 2.25. The predicted octanol–water partition coefficient (Wildman–Crippen LogP) is 5.56. The minimum Gasteiger partial charge on any atom is -0.332 e. The summed E-state index contributed by atoms with van der Waals surface area (Å²) in [5.74, 6) is -0.222. The van der Waals surface area contributed by atoms with Gasteiger partial charge in [-0.2, -0.15) is 9.59 Å². The van der Waals surface area contributed by atoms with Crippen LogP contribution < -0.4 is 10.2 Å². The largest absolute Gasteiger partial charge is 0.373 e. The van der Waals surface area contributed by atoms with Gasteiger partial charge in [-0.05, 0) is 75.9 Å². The summed E-state index contributed by atoms with van der Waals surface area (Å²) in [6.07, 6.45) is 0.250. The first kappa shape index (κ1) is 26.9. The lowest BCUT2D eigenvalue weighted by atomic mass is 10.1. The molecule has 2 aromatic carbocycles. The van der Waals surface area contributed by atoms with Gasteiger partial charge in [-0.3, -0.25) is 4.90 Å². The van der Waals surface area contributed by atoms with Gasteiger partial charge in [0.25, 0.3) is 0 Å². The summed E-state index contributed by atoms with van der Waals surface area (Å²) >= 11 is 5.63. The maximum absolute atomic E-state index is 14.8. The van der Waals surface area contributed by atoms with Crippen molar-refractivity contribution < 1.29 is 14.0 Å². The molecule has 0 spiro atoms. The Morgan fingerprint density at radius 3 is 2.28 bits per heavy atom. The number of benzene rings is 2. The zero-order chi connectivity index (χ0) is 24.3. The Balaban J connectivity index is 0.00000161. The minimum absolute atomic E-state index is 0.0478. The van der Waals surface area contributed by atoms with Gasteiger partial charge in [0.15, 0.2) is 10.8 Å². The van der Waals surface area contributed by atoms with Gasteiger partial charge in [-0.1, -0.05) is 26.0 Å². The van der Waals surface area contributed by atoms with E-state index in [2.05, 4.69) is 28.9 Å². The van der Waals surface area contributed by atoms with E-state index < -0.39 is 0 Å². The van der Waals surface area contributed by atoms with E-state index in [-0.39, 0.29) is 18.0 Å².